The van der Waals surface area contributed by atoms with Crippen molar-refractivity contribution in [3.8, 4) is 0 Å². The fourth-order valence-corrected chi connectivity index (χ4v) is 4.55. The Labute approximate surface area is 155 Å². The first-order valence-electron chi connectivity index (χ1n) is 9.57. The van der Waals surface area contributed by atoms with Crippen LogP contribution in [0.2, 0.25) is 0 Å². The molecule has 130 valence electrons. The van der Waals surface area contributed by atoms with E-state index in [1.165, 1.54) is 27.9 Å². The molecule has 1 saturated heterocycles. The Morgan fingerprint density at radius 1 is 0.731 bits per heavy atom. The van der Waals surface area contributed by atoms with E-state index in [1.54, 1.807) is 0 Å². The van der Waals surface area contributed by atoms with Crippen molar-refractivity contribution < 1.29 is 0 Å². The van der Waals surface area contributed by atoms with E-state index in [4.69, 9.17) is 0 Å². The number of benzene rings is 3. The monoisotopic (exact) mass is 340 g/mol. The van der Waals surface area contributed by atoms with Gasteiger partial charge in [0.25, 0.3) is 0 Å². The zero-order valence-electron chi connectivity index (χ0n) is 15.0. The van der Waals surface area contributed by atoms with Crippen LogP contribution in [0, 0.1) is 0 Å². The Bertz CT molecular complexity index is 903. The van der Waals surface area contributed by atoms with E-state index in [2.05, 4.69) is 88.7 Å². The smallest absolute Gasteiger partial charge is 0.0673 e. The molecule has 2 heteroatoms. The molecule has 0 bridgehead atoms. The first kappa shape index (κ1) is 15.7. The van der Waals surface area contributed by atoms with Gasteiger partial charge in [0.15, 0.2) is 0 Å². The van der Waals surface area contributed by atoms with Gasteiger partial charge in [-0.3, -0.25) is 4.90 Å². The average Bonchev–Trinajstić information content (AvgIpc) is 2.83. The quantitative estimate of drug-likeness (QED) is 0.670. The molecule has 0 saturated carbocycles. The molecule has 2 aliphatic heterocycles. The van der Waals surface area contributed by atoms with Gasteiger partial charge in [-0.15, -0.1) is 0 Å². The first-order valence-corrected chi connectivity index (χ1v) is 9.57. The number of fused-ring (bicyclic) bond motifs is 5. The van der Waals surface area contributed by atoms with Crippen molar-refractivity contribution in [2.75, 3.05) is 24.5 Å². The van der Waals surface area contributed by atoms with Gasteiger partial charge in [-0.05, 0) is 34.7 Å². The minimum atomic E-state index is 0.437. The van der Waals surface area contributed by atoms with E-state index < -0.39 is 0 Å². The summed E-state index contributed by atoms with van der Waals surface area (Å²) in [4.78, 5) is 5.25. The Balaban J connectivity index is 1.50. The number of nitrogens with zero attached hydrogens (tertiary/aromatic N) is 2. The summed E-state index contributed by atoms with van der Waals surface area (Å²) in [5.74, 6) is 0. The third kappa shape index (κ3) is 2.81. The largest absolute Gasteiger partial charge is 0.362 e. The highest BCUT2D eigenvalue weighted by Gasteiger charge is 2.32. The summed E-state index contributed by atoms with van der Waals surface area (Å²) in [5, 5.41) is 0. The van der Waals surface area contributed by atoms with E-state index in [0.29, 0.717) is 6.04 Å². The van der Waals surface area contributed by atoms with Gasteiger partial charge in [0, 0.05) is 31.9 Å². The summed E-state index contributed by atoms with van der Waals surface area (Å²) in [6.07, 6.45) is 1.04. The van der Waals surface area contributed by atoms with Crippen LogP contribution in [0.3, 0.4) is 0 Å². The maximum Gasteiger partial charge on any atom is 0.0673 e. The summed E-state index contributed by atoms with van der Waals surface area (Å²) in [7, 11) is 0. The van der Waals surface area contributed by atoms with E-state index in [-0.39, 0.29) is 0 Å². The first-order chi connectivity index (χ1) is 12.9. The third-order valence-corrected chi connectivity index (χ3v) is 5.81. The molecule has 5 rings (SSSR count). The molecule has 0 N–H and O–H groups in total. The van der Waals surface area contributed by atoms with Crippen molar-refractivity contribution in [1.82, 2.24) is 4.90 Å². The molecule has 2 nitrogen and oxygen atoms in total. The zero-order valence-corrected chi connectivity index (χ0v) is 15.0. The number of piperazine rings is 1. The molecule has 3 aromatic carbocycles. The van der Waals surface area contributed by atoms with E-state index >= 15 is 0 Å². The normalized spacial score (nSPS) is 19.2. The molecule has 0 amide bonds. The fourth-order valence-electron chi connectivity index (χ4n) is 4.55. The molecule has 2 heterocycles. The van der Waals surface area contributed by atoms with Crippen LogP contribution in [-0.2, 0) is 13.0 Å². The molecular weight excluding hydrogens is 316 g/mol. The highest BCUT2D eigenvalue weighted by Crippen LogP contribution is 2.39. The highest BCUT2D eigenvalue weighted by atomic mass is 15.3. The van der Waals surface area contributed by atoms with Gasteiger partial charge in [-0.25, -0.2) is 0 Å². The van der Waals surface area contributed by atoms with Crippen LogP contribution in [0.5, 0.6) is 0 Å². The molecule has 1 atom stereocenters. The Kier molecular flexibility index (Phi) is 3.99. The average molecular weight is 340 g/mol. The van der Waals surface area contributed by atoms with Crippen molar-refractivity contribution in [2.45, 2.75) is 19.0 Å². The Hall–Kier alpha value is -2.58. The lowest BCUT2D eigenvalue weighted by Crippen LogP contribution is -2.48. The topological polar surface area (TPSA) is 6.48 Å². The van der Waals surface area contributed by atoms with Gasteiger partial charge in [0.1, 0.15) is 0 Å². The Morgan fingerprint density at radius 3 is 2.35 bits per heavy atom. The molecule has 0 radical (unpaired) electrons. The van der Waals surface area contributed by atoms with Crippen LogP contribution in [-0.4, -0.2) is 24.5 Å². The minimum absolute atomic E-state index is 0.437. The second-order valence-corrected chi connectivity index (χ2v) is 7.43. The fraction of sp³-hybridized carbons (Fsp3) is 0.250. The van der Waals surface area contributed by atoms with Crippen LogP contribution in [0.25, 0.3) is 0 Å². The van der Waals surface area contributed by atoms with Crippen LogP contribution in [0.1, 0.15) is 28.3 Å². The minimum Gasteiger partial charge on any atom is -0.362 e. The highest BCUT2D eigenvalue weighted by molar-refractivity contribution is 5.60. The predicted molar refractivity (Wildman–Crippen MR) is 107 cm³/mol. The van der Waals surface area contributed by atoms with Crippen molar-refractivity contribution in [3.05, 3.63) is 101 Å². The van der Waals surface area contributed by atoms with Crippen molar-refractivity contribution in [1.29, 1.82) is 0 Å². The third-order valence-electron chi connectivity index (χ3n) is 5.81. The second kappa shape index (κ2) is 6.62. The van der Waals surface area contributed by atoms with Gasteiger partial charge in [0.05, 0.1) is 6.04 Å². The molecule has 0 aliphatic carbocycles. The van der Waals surface area contributed by atoms with Crippen molar-refractivity contribution in [3.63, 3.8) is 0 Å². The molecule has 0 spiro atoms. The zero-order chi connectivity index (χ0) is 17.3. The Morgan fingerprint density at radius 2 is 1.46 bits per heavy atom. The van der Waals surface area contributed by atoms with Crippen LogP contribution < -0.4 is 4.90 Å². The maximum absolute atomic E-state index is 2.64. The molecule has 1 unspecified atom stereocenters. The SMILES string of the molecule is c1ccc(CN2CCN3c4ccccc4Cc4ccccc4C3C2)cc1. The summed E-state index contributed by atoms with van der Waals surface area (Å²) in [6, 6.07) is 29.3. The lowest BCUT2D eigenvalue weighted by Gasteiger charge is -2.43. The number of para-hydroxylation sites is 1. The predicted octanol–water partition coefficient (Wildman–Crippen LogP) is 4.65. The molecule has 1 fully saturated rings. The molecular formula is C24H24N2. The van der Waals surface area contributed by atoms with Crippen LogP contribution >= 0.6 is 0 Å². The lowest BCUT2D eigenvalue weighted by atomic mass is 9.96. The van der Waals surface area contributed by atoms with E-state index in [1.807, 2.05) is 0 Å². The van der Waals surface area contributed by atoms with Gasteiger partial charge in [-0.1, -0.05) is 72.8 Å². The second-order valence-electron chi connectivity index (χ2n) is 7.43. The number of hydrogen-bond donors (Lipinski definition) is 0. The summed E-state index contributed by atoms with van der Waals surface area (Å²) in [5.41, 5.74) is 7.27. The van der Waals surface area contributed by atoms with Crippen molar-refractivity contribution >= 4 is 5.69 Å². The molecule has 26 heavy (non-hydrogen) atoms. The summed E-state index contributed by atoms with van der Waals surface area (Å²) >= 11 is 0. The van der Waals surface area contributed by atoms with Gasteiger partial charge in [0.2, 0.25) is 0 Å². The van der Waals surface area contributed by atoms with E-state index in [0.717, 1.165) is 32.6 Å². The number of anilines is 1. The standard InChI is InChI=1S/C24H24N2/c1-2-8-19(9-3-1)17-25-14-15-26-23-13-7-5-11-21(23)16-20-10-4-6-12-22(20)24(26)18-25/h1-13,24H,14-18H2. The molecule has 2 aliphatic rings. The van der Waals surface area contributed by atoms with E-state index in [9.17, 15) is 0 Å². The van der Waals surface area contributed by atoms with Crippen molar-refractivity contribution in [2.24, 2.45) is 0 Å². The van der Waals surface area contributed by atoms with Gasteiger partial charge in [-0.2, -0.15) is 0 Å². The number of hydrogen-bond acceptors (Lipinski definition) is 2. The van der Waals surface area contributed by atoms with Gasteiger partial charge >= 0.3 is 0 Å². The summed E-state index contributed by atoms with van der Waals surface area (Å²) < 4.78 is 0. The maximum atomic E-state index is 2.64. The van der Waals surface area contributed by atoms with Crippen LogP contribution in [0.15, 0.2) is 78.9 Å². The summed E-state index contributed by atoms with van der Waals surface area (Å²) in [6.45, 7) is 4.32. The molecule has 3 aromatic rings. The van der Waals surface area contributed by atoms with Gasteiger partial charge < -0.3 is 4.90 Å². The lowest BCUT2D eigenvalue weighted by molar-refractivity contribution is 0.215. The molecule has 0 aromatic heterocycles. The number of rotatable bonds is 2. The van der Waals surface area contributed by atoms with Crippen LogP contribution in [0.4, 0.5) is 5.69 Å².